The number of ketones is 1. The monoisotopic (exact) mass is 138 g/mol. The molecule has 0 heterocycles. The van der Waals surface area contributed by atoms with Crippen LogP contribution in [0.4, 0.5) is 0 Å². The van der Waals surface area contributed by atoms with Gasteiger partial charge in [0.05, 0.1) is 0 Å². The van der Waals surface area contributed by atoms with Crippen molar-refractivity contribution in [2.24, 2.45) is 11.8 Å². The van der Waals surface area contributed by atoms with Gasteiger partial charge < -0.3 is 0 Å². The van der Waals surface area contributed by atoms with Gasteiger partial charge in [0.1, 0.15) is 5.78 Å². The van der Waals surface area contributed by atoms with Gasteiger partial charge in [-0.3, -0.25) is 4.79 Å². The molecule has 0 saturated heterocycles. The smallest absolute Gasteiger partial charge is 0.136 e. The fourth-order valence-corrected chi connectivity index (χ4v) is 1.62. The van der Waals surface area contributed by atoms with E-state index in [-0.39, 0.29) is 5.92 Å². The van der Waals surface area contributed by atoms with E-state index in [9.17, 15) is 4.79 Å². The van der Waals surface area contributed by atoms with Crippen molar-refractivity contribution in [2.45, 2.75) is 26.2 Å². The minimum atomic E-state index is 0.289. The predicted molar refractivity (Wildman–Crippen MR) is 41.7 cm³/mol. The van der Waals surface area contributed by atoms with E-state index in [1.54, 1.807) is 0 Å². The number of Topliss-reactive ketones (excluding diaryl/α,β-unsaturated/α-hetero) is 1. The van der Waals surface area contributed by atoms with Gasteiger partial charge in [-0.05, 0) is 18.8 Å². The molecule has 0 N–H and O–H groups in total. The zero-order chi connectivity index (χ0) is 7.56. The Kier molecular flexibility index (Phi) is 2.25. The first-order valence-corrected chi connectivity index (χ1v) is 3.89. The summed E-state index contributed by atoms with van der Waals surface area (Å²) in [7, 11) is 0. The summed E-state index contributed by atoms with van der Waals surface area (Å²) in [6.45, 7) is 5.79. The molecule has 10 heavy (non-hydrogen) atoms. The Hall–Kier alpha value is -0.590. The Morgan fingerprint density at radius 3 is 2.90 bits per heavy atom. The number of carbonyl (C=O) groups is 1. The van der Waals surface area contributed by atoms with Crippen LogP contribution in [0.2, 0.25) is 0 Å². The third-order valence-corrected chi connectivity index (χ3v) is 2.37. The fourth-order valence-electron chi connectivity index (χ4n) is 1.62. The van der Waals surface area contributed by atoms with Crippen LogP contribution in [0.3, 0.4) is 0 Å². The molecule has 1 rings (SSSR count). The first-order chi connectivity index (χ1) is 4.75. The molecule has 1 saturated carbocycles. The summed E-state index contributed by atoms with van der Waals surface area (Å²) in [5, 5.41) is 0. The molecule has 1 nitrogen and oxygen atoms in total. The lowest BCUT2D eigenvalue weighted by Gasteiger charge is -2.09. The Morgan fingerprint density at radius 1 is 1.80 bits per heavy atom. The topological polar surface area (TPSA) is 17.1 Å². The highest BCUT2D eigenvalue weighted by Gasteiger charge is 2.29. The zero-order valence-electron chi connectivity index (χ0n) is 6.47. The van der Waals surface area contributed by atoms with Crippen LogP contribution < -0.4 is 0 Å². The maximum atomic E-state index is 11.1. The van der Waals surface area contributed by atoms with E-state index in [1.807, 2.05) is 6.08 Å². The van der Waals surface area contributed by atoms with Crippen molar-refractivity contribution < 1.29 is 4.79 Å². The molecule has 0 aliphatic heterocycles. The summed E-state index contributed by atoms with van der Waals surface area (Å²) in [6.07, 6.45) is 4.60. The quantitative estimate of drug-likeness (QED) is 0.534. The number of hydrogen-bond donors (Lipinski definition) is 0. The van der Waals surface area contributed by atoms with Gasteiger partial charge in [-0.25, -0.2) is 0 Å². The molecule has 0 spiro atoms. The third kappa shape index (κ3) is 1.28. The molecule has 56 valence electrons. The van der Waals surface area contributed by atoms with Crippen LogP contribution >= 0.6 is 0 Å². The molecule has 0 bridgehead atoms. The van der Waals surface area contributed by atoms with Crippen molar-refractivity contribution in [3.05, 3.63) is 12.7 Å². The highest BCUT2D eigenvalue weighted by Crippen LogP contribution is 2.30. The van der Waals surface area contributed by atoms with Gasteiger partial charge in [-0.1, -0.05) is 13.0 Å². The third-order valence-electron chi connectivity index (χ3n) is 2.37. The lowest BCUT2D eigenvalue weighted by molar-refractivity contribution is -0.121. The normalized spacial score (nSPS) is 32.7. The van der Waals surface area contributed by atoms with E-state index >= 15 is 0 Å². The largest absolute Gasteiger partial charge is 0.299 e. The van der Waals surface area contributed by atoms with Crippen molar-refractivity contribution in [3.63, 3.8) is 0 Å². The Labute approximate surface area is 62.1 Å². The maximum absolute atomic E-state index is 11.1. The first kappa shape index (κ1) is 7.52. The van der Waals surface area contributed by atoms with Gasteiger partial charge >= 0.3 is 0 Å². The molecule has 0 radical (unpaired) electrons. The molecule has 1 unspecified atom stereocenters. The molecule has 0 aromatic heterocycles. The standard InChI is InChI=1S/C9H14O/c1-3-4-8-7(2)5-6-9(8)10/h3,7-8H,1,4-6H2,2H3/t7-,8?/m0/s1. The zero-order valence-corrected chi connectivity index (χ0v) is 6.47. The summed E-state index contributed by atoms with van der Waals surface area (Å²) < 4.78 is 0. The van der Waals surface area contributed by atoms with Crippen molar-refractivity contribution in [1.82, 2.24) is 0 Å². The second kappa shape index (κ2) is 3.00. The van der Waals surface area contributed by atoms with E-state index in [0.29, 0.717) is 11.7 Å². The van der Waals surface area contributed by atoms with Crippen molar-refractivity contribution in [3.8, 4) is 0 Å². The number of allylic oxidation sites excluding steroid dienone is 1. The SMILES string of the molecule is C=CCC1C(=O)CC[C@@H]1C. The molecule has 0 amide bonds. The van der Waals surface area contributed by atoms with Crippen molar-refractivity contribution in [2.75, 3.05) is 0 Å². The Balaban J connectivity index is 2.53. The van der Waals surface area contributed by atoms with Crippen LogP contribution in [0, 0.1) is 11.8 Å². The second-order valence-corrected chi connectivity index (χ2v) is 3.11. The summed E-state index contributed by atoms with van der Waals surface area (Å²) in [5.74, 6) is 1.32. The molecule has 0 aromatic rings. The van der Waals surface area contributed by atoms with E-state index < -0.39 is 0 Å². The van der Waals surface area contributed by atoms with E-state index in [1.165, 1.54) is 0 Å². The molecule has 1 aliphatic rings. The van der Waals surface area contributed by atoms with Gasteiger partial charge in [0.15, 0.2) is 0 Å². The van der Waals surface area contributed by atoms with Gasteiger partial charge in [0, 0.05) is 12.3 Å². The van der Waals surface area contributed by atoms with Crippen LogP contribution in [0.1, 0.15) is 26.2 Å². The fraction of sp³-hybridized carbons (Fsp3) is 0.667. The highest BCUT2D eigenvalue weighted by atomic mass is 16.1. The van der Waals surface area contributed by atoms with Crippen molar-refractivity contribution >= 4 is 5.78 Å². The second-order valence-electron chi connectivity index (χ2n) is 3.11. The van der Waals surface area contributed by atoms with Crippen LogP contribution in [-0.4, -0.2) is 5.78 Å². The summed E-state index contributed by atoms with van der Waals surface area (Å²) in [4.78, 5) is 11.1. The van der Waals surface area contributed by atoms with Crippen LogP contribution in [0.15, 0.2) is 12.7 Å². The summed E-state index contributed by atoms with van der Waals surface area (Å²) in [6, 6.07) is 0. The molecule has 1 fully saturated rings. The Bertz CT molecular complexity index is 149. The maximum Gasteiger partial charge on any atom is 0.136 e. The van der Waals surface area contributed by atoms with Gasteiger partial charge in [0.25, 0.3) is 0 Å². The van der Waals surface area contributed by atoms with E-state index in [2.05, 4.69) is 13.5 Å². The highest BCUT2D eigenvalue weighted by molar-refractivity contribution is 5.83. The van der Waals surface area contributed by atoms with Gasteiger partial charge in [-0.15, -0.1) is 6.58 Å². The lowest BCUT2D eigenvalue weighted by atomic mass is 9.94. The van der Waals surface area contributed by atoms with Crippen LogP contribution in [0.25, 0.3) is 0 Å². The van der Waals surface area contributed by atoms with Gasteiger partial charge in [0.2, 0.25) is 0 Å². The molecular formula is C9H14O. The minimum Gasteiger partial charge on any atom is -0.299 e. The number of hydrogen-bond acceptors (Lipinski definition) is 1. The number of rotatable bonds is 2. The lowest BCUT2D eigenvalue weighted by Crippen LogP contribution is -2.10. The van der Waals surface area contributed by atoms with Gasteiger partial charge in [-0.2, -0.15) is 0 Å². The van der Waals surface area contributed by atoms with E-state index in [4.69, 9.17) is 0 Å². The number of carbonyl (C=O) groups excluding carboxylic acids is 1. The average Bonchev–Trinajstić information content (AvgIpc) is 2.20. The van der Waals surface area contributed by atoms with E-state index in [0.717, 1.165) is 19.3 Å². The Morgan fingerprint density at radius 2 is 2.50 bits per heavy atom. The molecule has 1 aliphatic carbocycles. The minimum absolute atomic E-state index is 0.289. The molecule has 0 aromatic carbocycles. The predicted octanol–water partition coefficient (Wildman–Crippen LogP) is 2.18. The average molecular weight is 138 g/mol. The molecule has 1 heteroatoms. The first-order valence-electron chi connectivity index (χ1n) is 3.89. The summed E-state index contributed by atoms with van der Waals surface area (Å²) >= 11 is 0. The summed E-state index contributed by atoms with van der Waals surface area (Å²) in [5.41, 5.74) is 0. The molecule has 2 atom stereocenters. The van der Waals surface area contributed by atoms with Crippen LogP contribution in [0.5, 0.6) is 0 Å². The van der Waals surface area contributed by atoms with Crippen molar-refractivity contribution in [1.29, 1.82) is 0 Å². The van der Waals surface area contributed by atoms with Crippen LogP contribution in [-0.2, 0) is 4.79 Å². The molecular weight excluding hydrogens is 124 g/mol.